The molecule has 1 heterocycles. The van der Waals surface area contributed by atoms with E-state index in [-0.39, 0.29) is 12.4 Å². The monoisotopic (exact) mass is 254 g/mol. The molecule has 0 aliphatic carbocycles. The molecule has 96 valence electrons. The van der Waals surface area contributed by atoms with Gasteiger partial charge in [-0.1, -0.05) is 20.3 Å². The van der Waals surface area contributed by atoms with Crippen LogP contribution in [0.2, 0.25) is 0 Å². The smallest absolute Gasteiger partial charge is 0.189 e. The molecule has 1 aromatic heterocycles. The Morgan fingerprint density at radius 2 is 2.18 bits per heavy atom. The Morgan fingerprint density at radius 1 is 1.47 bits per heavy atom. The maximum absolute atomic E-state index is 11.9. The van der Waals surface area contributed by atoms with Gasteiger partial charge in [0.15, 0.2) is 5.78 Å². The maximum Gasteiger partial charge on any atom is 0.189 e. The summed E-state index contributed by atoms with van der Waals surface area (Å²) in [7, 11) is 0. The summed E-state index contributed by atoms with van der Waals surface area (Å²) >= 11 is 1.67. The lowest BCUT2D eigenvalue weighted by Gasteiger charge is -2.09. The molecule has 1 atom stereocenters. The summed E-state index contributed by atoms with van der Waals surface area (Å²) in [4.78, 5) is 14.2. The van der Waals surface area contributed by atoms with Crippen molar-refractivity contribution in [2.45, 2.75) is 40.5 Å². The van der Waals surface area contributed by atoms with Gasteiger partial charge < -0.3 is 4.74 Å². The van der Waals surface area contributed by atoms with E-state index in [1.807, 2.05) is 19.9 Å². The fraction of sp³-hybridized carbons (Fsp3) is 0.643. The molecule has 0 spiro atoms. The van der Waals surface area contributed by atoms with Crippen molar-refractivity contribution >= 4 is 17.1 Å². The number of hydrogen-bond donors (Lipinski definition) is 0. The number of rotatable bonds is 7. The number of ether oxygens (including phenoxy) is 1. The van der Waals surface area contributed by atoms with Gasteiger partial charge in [-0.25, -0.2) is 0 Å². The zero-order valence-electron chi connectivity index (χ0n) is 11.2. The largest absolute Gasteiger partial charge is 0.373 e. The van der Waals surface area contributed by atoms with Crippen LogP contribution >= 0.6 is 11.3 Å². The van der Waals surface area contributed by atoms with Gasteiger partial charge in [-0.15, -0.1) is 11.3 Å². The van der Waals surface area contributed by atoms with Crippen LogP contribution in [0.3, 0.4) is 0 Å². The number of carbonyl (C=O) groups is 1. The summed E-state index contributed by atoms with van der Waals surface area (Å²) in [6, 6.07) is 1.96. The van der Waals surface area contributed by atoms with E-state index >= 15 is 0 Å². The minimum atomic E-state index is 0.107. The second kappa shape index (κ2) is 6.92. The van der Waals surface area contributed by atoms with E-state index in [0.29, 0.717) is 12.5 Å². The topological polar surface area (TPSA) is 26.3 Å². The average Bonchev–Trinajstić information content (AvgIpc) is 2.58. The molecular formula is C14H22O2S. The van der Waals surface area contributed by atoms with E-state index in [2.05, 4.69) is 13.8 Å². The van der Waals surface area contributed by atoms with Gasteiger partial charge in [0.25, 0.3) is 0 Å². The Labute approximate surface area is 108 Å². The molecular weight excluding hydrogens is 232 g/mol. The van der Waals surface area contributed by atoms with Crippen LogP contribution in [0.1, 0.15) is 46.8 Å². The first-order valence-corrected chi connectivity index (χ1v) is 7.04. The highest BCUT2D eigenvalue weighted by molar-refractivity contribution is 7.12. The van der Waals surface area contributed by atoms with Crippen molar-refractivity contribution in [2.24, 2.45) is 5.92 Å². The third kappa shape index (κ3) is 4.60. The first-order chi connectivity index (χ1) is 8.04. The van der Waals surface area contributed by atoms with Gasteiger partial charge in [-0.3, -0.25) is 4.79 Å². The Balaban J connectivity index is 2.37. The number of ketones is 1. The molecule has 17 heavy (non-hydrogen) atoms. The lowest BCUT2D eigenvalue weighted by molar-refractivity contribution is 0.0683. The molecule has 0 saturated heterocycles. The number of hydrogen-bond acceptors (Lipinski definition) is 3. The summed E-state index contributed by atoms with van der Waals surface area (Å²) in [5, 5.41) is 0. The minimum Gasteiger partial charge on any atom is -0.373 e. The Kier molecular flexibility index (Phi) is 5.86. The van der Waals surface area contributed by atoms with Crippen LogP contribution in [-0.2, 0) is 4.74 Å². The van der Waals surface area contributed by atoms with Crippen LogP contribution in [0.5, 0.6) is 0 Å². The van der Waals surface area contributed by atoms with Crippen LogP contribution in [0, 0.1) is 19.8 Å². The molecule has 1 aromatic rings. The van der Waals surface area contributed by atoms with E-state index in [0.717, 1.165) is 16.9 Å². The van der Waals surface area contributed by atoms with Gasteiger partial charge in [0.1, 0.15) is 6.61 Å². The lowest BCUT2D eigenvalue weighted by Crippen LogP contribution is -2.13. The first-order valence-electron chi connectivity index (χ1n) is 6.22. The van der Waals surface area contributed by atoms with Crippen molar-refractivity contribution in [3.05, 3.63) is 21.4 Å². The highest BCUT2D eigenvalue weighted by Crippen LogP contribution is 2.21. The maximum atomic E-state index is 11.9. The van der Waals surface area contributed by atoms with Gasteiger partial charge in [0, 0.05) is 21.9 Å². The summed E-state index contributed by atoms with van der Waals surface area (Å²) in [6.07, 6.45) is 2.33. The molecule has 3 heteroatoms. The third-order valence-electron chi connectivity index (χ3n) is 2.76. The van der Waals surface area contributed by atoms with E-state index in [9.17, 15) is 4.79 Å². The Hall–Kier alpha value is -0.670. The summed E-state index contributed by atoms with van der Waals surface area (Å²) in [6.45, 7) is 9.24. The van der Waals surface area contributed by atoms with Crippen molar-refractivity contribution in [1.82, 2.24) is 0 Å². The van der Waals surface area contributed by atoms with Crippen LogP contribution < -0.4 is 0 Å². The SMILES string of the molecule is CCCC(C)COCC(=O)c1cc(C)sc1C. The molecule has 0 saturated carbocycles. The van der Waals surface area contributed by atoms with Gasteiger partial charge >= 0.3 is 0 Å². The van der Waals surface area contributed by atoms with E-state index in [1.54, 1.807) is 11.3 Å². The normalized spacial score (nSPS) is 12.7. The summed E-state index contributed by atoms with van der Waals surface area (Å²) < 4.78 is 5.48. The third-order valence-corrected chi connectivity index (χ3v) is 3.72. The number of thiophene rings is 1. The second-order valence-corrected chi connectivity index (χ2v) is 6.12. The Bertz CT molecular complexity index is 368. The van der Waals surface area contributed by atoms with Crippen molar-refractivity contribution in [1.29, 1.82) is 0 Å². The summed E-state index contributed by atoms with van der Waals surface area (Å²) in [5.41, 5.74) is 0.829. The van der Waals surface area contributed by atoms with E-state index in [1.165, 1.54) is 11.3 Å². The lowest BCUT2D eigenvalue weighted by atomic mass is 10.1. The number of aryl methyl sites for hydroxylation is 2. The second-order valence-electron chi connectivity index (χ2n) is 4.66. The average molecular weight is 254 g/mol. The molecule has 0 fully saturated rings. The fourth-order valence-electron chi connectivity index (χ4n) is 1.91. The summed E-state index contributed by atoms with van der Waals surface area (Å²) in [5.74, 6) is 0.647. The van der Waals surface area contributed by atoms with E-state index in [4.69, 9.17) is 4.74 Å². The molecule has 1 unspecified atom stereocenters. The van der Waals surface area contributed by atoms with Crippen LogP contribution in [0.25, 0.3) is 0 Å². The highest BCUT2D eigenvalue weighted by atomic mass is 32.1. The zero-order valence-corrected chi connectivity index (χ0v) is 12.0. The molecule has 0 amide bonds. The standard InChI is InChI=1S/C14H22O2S/c1-5-6-10(2)8-16-9-14(15)13-7-11(3)17-12(13)4/h7,10H,5-6,8-9H2,1-4H3. The molecule has 2 nitrogen and oxygen atoms in total. The fourth-order valence-corrected chi connectivity index (χ4v) is 2.86. The minimum absolute atomic E-state index is 0.107. The number of carbonyl (C=O) groups excluding carboxylic acids is 1. The molecule has 0 aliphatic rings. The van der Waals surface area contributed by atoms with Gasteiger partial charge in [0.05, 0.1) is 0 Å². The molecule has 0 aromatic carbocycles. The van der Waals surface area contributed by atoms with Gasteiger partial charge in [-0.2, -0.15) is 0 Å². The number of Topliss-reactive ketones (excluding diaryl/α,β-unsaturated/α-hetero) is 1. The van der Waals surface area contributed by atoms with Crippen molar-refractivity contribution in [2.75, 3.05) is 13.2 Å². The van der Waals surface area contributed by atoms with Crippen LogP contribution in [-0.4, -0.2) is 19.0 Å². The predicted octanol–water partition coefficient (Wildman–Crippen LogP) is 4.00. The molecule has 1 rings (SSSR count). The molecule has 0 aliphatic heterocycles. The molecule has 0 radical (unpaired) electrons. The zero-order chi connectivity index (χ0) is 12.8. The van der Waals surface area contributed by atoms with Crippen LogP contribution in [0.15, 0.2) is 6.07 Å². The quantitative estimate of drug-likeness (QED) is 0.687. The molecule has 0 N–H and O–H groups in total. The van der Waals surface area contributed by atoms with Crippen LogP contribution in [0.4, 0.5) is 0 Å². The molecule has 0 bridgehead atoms. The predicted molar refractivity (Wildman–Crippen MR) is 73.0 cm³/mol. The Morgan fingerprint density at radius 3 is 2.71 bits per heavy atom. The first kappa shape index (κ1) is 14.4. The van der Waals surface area contributed by atoms with Crippen molar-refractivity contribution < 1.29 is 9.53 Å². The van der Waals surface area contributed by atoms with Gasteiger partial charge in [-0.05, 0) is 32.3 Å². The van der Waals surface area contributed by atoms with E-state index < -0.39 is 0 Å². The van der Waals surface area contributed by atoms with Gasteiger partial charge in [0.2, 0.25) is 0 Å². The highest BCUT2D eigenvalue weighted by Gasteiger charge is 2.12. The van der Waals surface area contributed by atoms with Crippen molar-refractivity contribution in [3.63, 3.8) is 0 Å². The van der Waals surface area contributed by atoms with Crippen molar-refractivity contribution in [3.8, 4) is 0 Å².